The SMILES string of the molecule is NC(N)=NCCCC1NC(CNC(=O)c2ccc(Br)cc2)CCN(CC(c2ccccc2)c2ccccc2)C1=O. The number of nitrogens with two attached hydrogens (primary N) is 2. The number of hydrogen-bond acceptors (Lipinski definition) is 4. The lowest BCUT2D eigenvalue weighted by molar-refractivity contribution is -0.133. The average molecular weight is 606 g/mol. The van der Waals surface area contributed by atoms with E-state index in [2.05, 4.69) is 55.8 Å². The summed E-state index contributed by atoms with van der Waals surface area (Å²) < 4.78 is 0.918. The molecule has 1 saturated heterocycles. The first-order valence-corrected chi connectivity index (χ1v) is 14.4. The van der Waals surface area contributed by atoms with Gasteiger partial charge in [-0.3, -0.25) is 14.6 Å². The van der Waals surface area contributed by atoms with E-state index < -0.39 is 6.04 Å². The van der Waals surface area contributed by atoms with Crippen LogP contribution in [0.3, 0.4) is 0 Å². The normalized spacial score (nSPS) is 17.4. The van der Waals surface area contributed by atoms with Gasteiger partial charge in [0.25, 0.3) is 5.91 Å². The predicted octanol–water partition coefficient (Wildman–Crippen LogP) is 3.62. The molecule has 1 fully saturated rings. The second-order valence-electron chi connectivity index (χ2n) is 10.0. The van der Waals surface area contributed by atoms with Crippen LogP contribution in [0.25, 0.3) is 0 Å². The molecule has 40 heavy (non-hydrogen) atoms. The number of nitrogens with zero attached hydrogens (tertiary/aromatic N) is 2. The summed E-state index contributed by atoms with van der Waals surface area (Å²) in [7, 11) is 0. The monoisotopic (exact) mass is 604 g/mol. The lowest BCUT2D eigenvalue weighted by atomic mass is 9.90. The molecule has 0 saturated carbocycles. The van der Waals surface area contributed by atoms with Crippen LogP contribution in [0.2, 0.25) is 0 Å². The number of aliphatic imine (C=N–C) groups is 1. The molecule has 8 nitrogen and oxygen atoms in total. The van der Waals surface area contributed by atoms with Crippen LogP contribution in [-0.2, 0) is 4.79 Å². The Labute approximate surface area is 244 Å². The van der Waals surface area contributed by atoms with Gasteiger partial charge in [-0.1, -0.05) is 76.6 Å². The third-order valence-corrected chi connectivity index (χ3v) is 7.69. The van der Waals surface area contributed by atoms with Crippen LogP contribution in [0.1, 0.15) is 46.7 Å². The zero-order chi connectivity index (χ0) is 28.3. The van der Waals surface area contributed by atoms with Crippen molar-refractivity contribution in [2.24, 2.45) is 16.5 Å². The van der Waals surface area contributed by atoms with Crippen molar-refractivity contribution >= 4 is 33.7 Å². The Kier molecular flexibility index (Phi) is 10.7. The average Bonchev–Trinajstić information content (AvgIpc) is 3.12. The quantitative estimate of drug-likeness (QED) is 0.151. The first-order chi connectivity index (χ1) is 19.4. The Morgan fingerprint density at radius 2 is 1.62 bits per heavy atom. The summed E-state index contributed by atoms with van der Waals surface area (Å²) in [6.45, 7) is 2.03. The highest BCUT2D eigenvalue weighted by Crippen LogP contribution is 2.27. The minimum Gasteiger partial charge on any atom is -0.370 e. The van der Waals surface area contributed by atoms with Gasteiger partial charge in [0.1, 0.15) is 0 Å². The summed E-state index contributed by atoms with van der Waals surface area (Å²) in [5.41, 5.74) is 13.9. The molecule has 9 heteroatoms. The van der Waals surface area contributed by atoms with Crippen LogP contribution in [0.4, 0.5) is 0 Å². The van der Waals surface area contributed by atoms with E-state index in [0.29, 0.717) is 51.0 Å². The largest absolute Gasteiger partial charge is 0.370 e. The molecule has 2 unspecified atom stereocenters. The van der Waals surface area contributed by atoms with Gasteiger partial charge in [-0.25, -0.2) is 0 Å². The molecule has 0 aromatic heterocycles. The Hall–Kier alpha value is -3.69. The van der Waals surface area contributed by atoms with Crippen LogP contribution in [0.5, 0.6) is 0 Å². The lowest BCUT2D eigenvalue weighted by Gasteiger charge is -2.29. The molecule has 1 aliphatic rings. The number of carbonyl (C=O) groups excluding carboxylic acids is 2. The van der Waals surface area contributed by atoms with E-state index in [4.69, 9.17) is 11.5 Å². The van der Waals surface area contributed by atoms with Crippen molar-refractivity contribution in [3.05, 3.63) is 106 Å². The van der Waals surface area contributed by atoms with E-state index in [1.165, 1.54) is 11.1 Å². The van der Waals surface area contributed by atoms with Gasteiger partial charge in [0.05, 0.1) is 6.04 Å². The molecule has 6 N–H and O–H groups in total. The molecule has 3 aromatic carbocycles. The fourth-order valence-electron chi connectivity index (χ4n) is 5.05. The fraction of sp³-hybridized carbons (Fsp3) is 0.323. The molecular formula is C31H37BrN6O2. The summed E-state index contributed by atoms with van der Waals surface area (Å²) >= 11 is 3.40. The van der Waals surface area contributed by atoms with Crippen molar-refractivity contribution in [2.45, 2.75) is 37.3 Å². The number of nitrogens with one attached hydrogen (secondary N) is 2. The van der Waals surface area contributed by atoms with E-state index in [-0.39, 0.29) is 29.7 Å². The highest BCUT2D eigenvalue weighted by atomic mass is 79.9. The Morgan fingerprint density at radius 1 is 1.00 bits per heavy atom. The third kappa shape index (κ3) is 8.40. The maximum absolute atomic E-state index is 13.9. The van der Waals surface area contributed by atoms with Gasteiger partial charge in [0.15, 0.2) is 5.96 Å². The summed E-state index contributed by atoms with van der Waals surface area (Å²) in [4.78, 5) is 32.7. The van der Waals surface area contributed by atoms with Gasteiger partial charge < -0.3 is 27.0 Å². The molecule has 0 radical (unpaired) electrons. The lowest BCUT2D eigenvalue weighted by Crippen LogP contribution is -2.49. The van der Waals surface area contributed by atoms with E-state index in [9.17, 15) is 9.59 Å². The maximum Gasteiger partial charge on any atom is 0.251 e. The van der Waals surface area contributed by atoms with Gasteiger partial charge in [0.2, 0.25) is 5.91 Å². The minimum atomic E-state index is -0.404. The Morgan fingerprint density at radius 3 is 2.23 bits per heavy atom. The van der Waals surface area contributed by atoms with Crippen LogP contribution < -0.4 is 22.1 Å². The molecule has 0 spiro atoms. The van der Waals surface area contributed by atoms with Crippen LogP contribution in [0.15, 0.2) is 94.4 Å². The highest BCUT2D eigenvalue weighted by Gasteiger charge is 2.32. The number of rotatable bonds is 11. The molecule has 2 amide bonds. The van der Waals surface area contributed by atoms with Gasteiger partial charge in [-0.15, -0.1) is 0 Å². The highest BCUT2D eigenvalue weighted by molar-refractivity contribution is 9.10. The molecule has 0 aliphatic carbocycles. The maximum atomic E-state index is 13.9. The van der Waals surface area contributed by atoms with Gasteiger partial charge in [-0.2, -0.15) is 0 Å². The molecule has 2 atom stereocenters. The number of amides is 2. The molecule has 210 valence electrons. The van der Waals surface area contributed by atoms with Crippen LogP contribution in [-0.4, -0.2) is 60.9 Å². The number of carbonyl (C=O) groups is 2. The fourth-order valence-corrected chi connectivity index (χ4v) is 5.31. The zero-order valence-electron chi connectivity index (χ0n) is 22.5. The van der Waals surface area contributed by atoms with E-state index in [1.54, 1.807) is 12.1 Å². The number of benzene rings is 3. The molecule has 3 aromatic rings. The topological polar surface area (TPSA) is 126 Å². The smallest absolute Gasteiger partial charge is 0.251 e. The molecule has 0 bridgehead atoms. The first-order valence-electron chi connectivity index (χ1n) is 13.6. The first kappa shape index (κ1) is 29.3. The van der Waals surface area contributed by atoms with E-state index >= 15 is 0 Å². The van der Waals surface area contributed by atoms with Gasteiger partial charge in [-0.05, 0) is 54.7 Å². The minimum absolute atomic E-state index is 0.0438. The van der Waals surface area contributed by atoms with Gasteiger partial charge in [0, 0.05) is 48.2 Å². The summed E-state index contributed by atoms with van der Waals surface area (Å²) in [6.07, 6.45) is 1.96. The Bertz CT molecular complexity index is 1230. The standard InChI is InChI=1S/C31H37BrN6O2/c32-25-15-13-24(14-16-25)29(39)36-20-26-17-19-38(30(40)28(37-26)12-7-18-35-31(33)34)21-27(22-8-3-1-4-9-22)23-10-5-2-6-11-23/h1-6,8-11,13-16,26-28,37H,7,12,17-21H2,(H,36,39)(H4,33,34,35). The third-order valence-electron chi connectivity index (χ3n) is 7.16. The van der Waals surface area contributed by atoms with Crippen LogP contribution >= 0.6 is 15.9 Å². The summed E-state index contributed by atoms with van der Waals surface area (Å²) in [5, 5.41) is 6.57. The number of hydrogen-bond donors (Lipinski definition) is 4. The predicted molar refractivity (Wildman–Crippen MR) is 163 cm³/mol. The van der Waals surface area contributed by atoms with E-state index in [0.717, 1.165) is 4.47 Å². The number of halogens is 1. The summed E-state index contributed by atoms with van der Waals surface area (Å²) in [6, 6.07) is 27.4. The van der Waals surface area contributed by atoms with Crippen molar-refractivity contribution in [3.8, 4) is 0 Å². The zero-order valence-corrected chi connectivity index (χ0v) is 24.1. The Balaban J connectivity index is 1.50. The number of guanidine groups is 1. The molecular weight excluding hydrogens is 568 g/mol. The van der Waals surface area contributed by atoms with Crippen molar-refractivity contribution in [1.29, 1.82) is 0 Å². The van der Waals surface area contributed by atoms with Crippen molar-refractivity contribution < 1.29 is 9.59 Å². The van der Waals surface area contributed by atoms with Crippen LogP contribution in [0, 0.1) is 0 Å². The van der Waals surface area contributed by atoms with Crippen molar-refractivity contribution in [2.75, 3.05) is 26.2 Å². The van der Waals surface area contributed by atoms with Gasteiger partial charge >= 0.3 is 0 Å². The second-order valence-corrected chi connectivity index (χ2v) is 10.9. The second kappa shape index (κ2) is 14.6. The molecule has 4 rings (SSSR count). The summed E-state index contributed by atoms with van der Waals surface area (Å²) in [5.74, 6) is 0.00808. The van der Waals surface area contributed by atoms with Crippen molar-refractivity contribution in [1.82, 2.24) is 15.5 Å². The van der Waals surface area contributed by atoms with Crippen molar-refractivity contribution in [3.63, 3.8) is 0 Å². The molecule has 1 heterocycles. The molecule has 1 aliphatic heterocycles. The van der Waals surface area contributed by atoms with E-state index in [1.807, 2.05) is 53.4 Å².